The first-order chi connectivity index (χ1) is 14.5. The summed E-state index contributed by atoms with van der Waals surface area (Å²) in [6.45, 7) is 2.04. The first kappa shape index (κ1) is 23.7. The Balaban J connectivity index is 2.05. The molecule has 162 valence electrons. The highest BCUT2D eigenvalue weighted by Gasteiger charge is 2.23. The molecule has 0 saturated heterocycles. The number of ether oxygens (including phenoxy) is 2. The number of thioether (sulfide) groups is 1. The van der Waals surface area contributed by atoms with Crippen LogP contribution in [0, 0.1) is 0 Å². The van der Waals surface area contributed by atoms with Crippen LogP contribution in [0.3, 0.4) is 0 Å². The van der Waals surface area contributed by atoms with Gasteiger partial charge in [-0.1, -0.05) is 12.1 Å². The molecule has 0 radical (unpaired) electrons. The zero-order chi connectivity index (χ0) is 21.9. The molecule has 2 N–H and O–H groups in total. The molecule has 1 aromatic carbocycles. The van der Waals surface area contributed by atoms with Crippen LogP contribution >= 0.6 is 23.1 Å². The lowest BCUT2D eigenvalue weighted by Crippen LogP contribution is -2.44. The Bertz CT molecular complexity index is 872. The molecule has 30 heavy (non-hydrogen) atoms. The third kappa shape index (κ3) is 7.03. The summed E-state index contributed by atoms with van der Waals surface area (Å²) >= 11 is 2.79. The van der Waals surface area contributed by atoms with E-state index in [1.165, 1.54) is 18.4 Å². The number of benzene rings is 1. The number of carbonyl (C=O) groups is 3. The predicted molar refractivity (Wildman–Crippen MR) is 118 cm³/mol. The van der Waals surface area contributed by atoms with Gasteiger partial charge in [0.2, 0.25) is 5.91 Å². The first-order valence-electron chi connectivity index (χ1n) is 9.32. The van der Waals surface area contributed by atoms with E-state index in [2.05, 4.69) is 15.6 Å². The zero-order valence-corrected chi connectivity index (χ0v) is 18.7. The molecule has 0 fully saturated rings. The van der Waals surface area contributed by atoms with Crippen molar-refractivity contribution in [1.82, 2.24) is 10.3 Å². The summed E-state index contributed by atoms with van der Waals surface area (Å²) < 4.78 is 10.1. The van der Waals surface area contributed by atoms with E-state index in [-0.39, 0.29) is 18.3 Å². The summed E-state index contributed by atoms with van der Waals surface area (Å²) in [5.74, 6) is -0.0127. The predicted octanol–water partition coefficient (Wildman–Crippen LogP) is 2.75. The van der Waals surface area contributed by atoms with Crippen LogP contribution in [0.1, 0.15) is 29.4 Å². The Hall–Kier alpha value is -2.59. The lowest BCUT2D eigenvalue weighted by molar-refractivity contribution is -0.142. The van der Waals surface area contributed by atoms with E-state index in [4.69, 9.17) is 9.47 Å². The number of hydrogen-bond acceptors (Lipinski definition) is 8. The fourth-order valence-corrected chi connectivity index (χ4v) is 3.76. The number of nitrogens with zero attached hydrogens (tertiary/aromatic N) is 1. The maximum Gasteiger partial charge on any atom is 0.311 e. The Labute approximate surface area is 183 Å². The second kappa shape index (κ2) is 12.2. The van der Waals surface area contributed by atoms with E-state index in [0.29, 0.717) is 40.9 Å². The summed E-state index contributed by atoms with van der Waals surface area (Å²) in [7, 11) is 1.49. The number of thiazole rings is 1. The fraction of sp³-hybridized carbons (Fsp3) is 0.400. The Kier molecular flexibility index (Phi) is 9.62. The topological polar surface area (TPSA) is 107 Å². The maximum absolute atomic E-state index is 12.8. The van der Waals surface area contributed by atoms with Gasteiger partial charge in [-0.25, -0.2) is 4.98 Å². The van der Waals surface area contributed by atoms with Gasteiger partial charge in [-0.15, -0.1) is 11.3 Å². The van der Waals surface area contributed by atoms with Crippen LogP contribution in [-0.2, 0) is 20.7 Å². The van der Waals surface area contributed by atoms with E-state index >= 15 is 0 Å². The van der Waals surface area contributed by atoms with Crippen LogP contribution in [0.15, 0.2) is 29.6 Å². The van der Waals surface area contributed by atoms with E-state index in [0.717, 1.165) is 0 Å². The van der Waals surface area contributed by atoms with Crippen molar-refractivity contribution >= 4 is 46.0 Å². The SMILES string of the molecule is CCOC(=O)Cc1csc(NC(=O)C(CCSC)NC(=O)c2ccccc2OC)n1. The van der Waals surface area contributed by atoms with Crippen LogP contribution in [0.5, 0.6) is 5.75 Å². The number of rotatable bonds is 11. The third-order valence-corrected chi connectivity index (χ3v) is 5.45. The first-order valence-corrected chi connectivity index (χ1v) is 11.6. The van der Waals surface area contributed by atoms with Gasteiger partial charge in [-0.05, 0) is 37.5 Å². The number of anilines is 1. The minimum absolute atomic E-state index is 0.0423. The minimum atomic E-state index is -0.743. The average molecular weight is 452 g/mol. The standard InChI is InChI=1S/C20H25N3O5S2/c1-4-28-17(24)11-13-12-30-20(21-13)23-19(26)15(9-10-29-3)22-18(25)14-7-5-6-8-16(14)27-2/h5-8,12,15H,4,9-11H2,1-3H3,(H,22,25)(H,21,23,26). The summed E-state index contributed by atoms with van der Waals surface area (Å²) in [5.41, 5.74) is 0.875. The van der Waals surface area contributed by atoms with Gasteiger partial charge in [0.25, 0.3) is 5.91 Å². The molecule has 1 aromatic heterocycles. The van der Waals surface area contributed by atoms with Gasteiger partial charge >= 0.3 is 5.97 Å². The summed E-state index contributed by atoms with van der Waals surface area (Å²) in [5, 5.41) is 7.55. The third-order valence-electron chi connectivity index (χ3n) is 4.00. The number of amides is 2. The highest BCUT2D eigenvalue weighted by atomic mass is 32.2. The Morgan fingerprint density at radius 2 is 2.03 bits per heavy atom. The average Bonchev–Trinajstić information content (AvgIpc) is 3.17. The molecule has 10 heteroatoms. The second-order valence-corrected chi connectivity index (χ2v) is 7.97. The van der Waals surface area contributed by atoms with Crippen molar-refractivity contribution in [3.63, 3.8) is 0 Å². The molecule has 2 amide bonds. The number of hydrogen-bond donors (Lipinski definition) is 2. The van der Waals surface area contributed by atoms with Gasteiger partial charge in [-0.2, -0.15) is 11.8 Å². The highest BCUT2D eigenvalue weighted by Crippen LogP contribution is 2.19. The van der Waals surface area contributed by atoms with Crippen LogP contribution in [0.4, 0.5) is 5.13 Å². The van der Waals surface area contributed by atoms with Gasteiger partial charge < -0.3 is 20.1 Å². The van der Waals surface area contributed by atoms with Crippen molar-refractivity contribution in [1.29, 1.82) is 0 Å². The van der Waals surface area contributed by atoms with Gasteiger partial charge in [0.15, 0.2) is 5.13 Å². The summed E-state index contributed by atoms with van der Waals surface area (Å²) in [4.78, 5) is 41.3. The van der Waals surface area contributed by atoms with Gasteiger partial charge in [0.1, 0.15) is 11.8 Å². The van der Waals surface area contributed by atoms with Crippen molar-refractivity contribution in [2.24, 2.45) is 0 Å². The molecule has 8 nitrogen and oxygen atoms in total. The van der Waals surface area contributed by atoms with Gasteiger partial charge in [0.05, 0.1) is 31.4 Å². The Morgan fingerprint density at radius 3 is 2.73 bits per heavy atom. The second-order valence-electron chi connectivity index (χ2n) is 6.12. The molecule has 2 rings (SSSR count). The maximum atomic E-state index is 12.8. The minimum Gasteiger partial charge on any atom is -0.496 e. The number of aromatic nitrogens is 1. The lowest BCUT2D eigenvalue weighted by atomic mass is 10.1. The molecule has 0 bridgehead atoms. The molecule has 1 unspecified atom stereocenters. The number of nitrogens with one attached hydrogen (secondary N) is 2. The van der Waals surface area contributed by atoms with Crippen molar-refractivity contribution < 1.29 is 23.9 Å². The molecule has 1 heterocycles. The molecule has 2 aromatic rings. The molecular weight excluding hydrogens is 426 g/mol. The summed E-state index contributed by atoms with van der Waals surface area (Å²) in [6.07, 6.45) is 2.43. The highest BCUT2D eigenvalue weighted by molar-refractivity contribution is 7.98. The van der Waals surface area contributed by atoms with Gasteiger partial charge in [0, 0.05) is 5.38 Å². The van der Waals surface area contributed by atoms with Crippen LogP contribution in [-0.4, -0.2) is 54.5 Å². The van der Waals surface area contributed by atoms with Crippen molar-refractivity contribution in [2.75, 3.05) is 31.0 Å². The smallest absolute Gasteiger partial charge is 0.311 e. The Morgan fingerprint density at radius 1 is 1.27 bits per heavy atom. The van der Waals surface area contributed by atoms with Crippen molar-refractivity contribution in [2.45, 2.75) is 25.8 Å². The number of methoxy groups -OCH3 is 1. The van der Waals surface area contributed by atoms with E-state index in [9.17, 15) is 14.4 Å². The summed E-state index contributed by atoms with van der Waals surface area (Å²) in [6, 6.07) is 6.08. The quantitative estimate of drug-likeness (QED) is 0.506. The van der Waals surface area contributed by atoms with Crippen molar-refractivity contribution in [3.8, 4) is 5.75 Å². The van der Waals surface area contributed by atoms with E-state index in [1.807, 2.05) is 6.26 Å². The number of carbonyl (C=O) groups excluding carboxylic acids is 3. The lowest BCUT2D eigenvalue weighted by Gasteiger charge is -2.18. The molecule has 0 aliphatic heterocycles. The van der Waals surface area contributed by atoms with E-state index < -0.39 is 11.9 Å². The van der Waals surface area contributed by atoms with Crippen LogP contribution < -0.4 is 15.4 Å². The fourth-order valence-electron chi connectivity index (χ4n) is 2.57. The molecule has 0 aliphatic carbocycles. The molecule has 0 aliphatic rings. The molecular formula is C20H25N3O5S2. The van der Waals surface area contributed by atoms with E-state index in [1.54, 1.807) is 48.3 Å². The monoisotopic (exact) mass is 451 g/mol. The molecule has 1 atom stereocenters. The normalized spacial score (nSPS) is 11.4. The van der Waals surface area contributed by atoms with Crippen LogP contribution in [0.2, 0.25) is 0 Å². The molecule has 0 saturated carbocycles. The largest absolute Gasteiger partial charge is 0.496 e. The molecule has 0 spiro atoms. The number of esters is 1. The zero-order valence-electron chi connectivity index (χ0n) is 17.1. The van der Waals surface area contributed by atoms with Gasteiger partial charge in [-0.3, -0.25) is 14.4 Å². The number of para-hydroxylation sites is 1. The van der Waals surface area contributed by atoms with Crippen LogP contribution in [0.25, 0.3) is 0 Å². The van der Waals surface area contributed by atoms with Crippen molar-refractivity contribution in [3.05, 3.63) is 40.9 Å².